The summed E-state index contributed by atoms with van der Waals surface area (Å²) in [4.78, 5) is 12.8. The van der Waals surface area contributed by atoms with Gasteiger partial charge in [-0.3, -0.25) is 4.79 Å². The number of carbonyl (C=O) groups is 1. The van der Waals surface area contributed by atoms with E-state index in [4.69, 9.17) is 4.74 Å². The van der Waals surface area contributed by atoms with E-state index < -0.39 is 15.9 Å². The molecule has 2 aromatic carbocycles. The molecule has 0 aliphatic carbocycles. The van der Waals surface area contributed by atoms with Crippen molar-refractivity contribution in [2.45, 2.75) is 29.9 Å². The minimum absolute atomic E-state index is 0.0831. The Morgan fingerprint density at radius 3 is 2.64 bits per heavy atom. The summed E-state index contributed by atoms with van der Waals surface area (Å²) < 4.78 is 30.2. The van der Waals surface area contributed by atoms with Crippen molar-refractivity contribution in [3.63, 3.8) is 0 Å². The first kappa shape index (κ1) is 16.3. The lowest BCUT2D eigenvalue weighted by atomic mass is 9.95. The quantitative estimate of drug-likeness (QED) is 0.915. The Kier molecular flexibility index (Phi) is 4.09. The van der Waals surface area contributed by atoms with Crippen LogP contribution in [0.15, 0.2) is 53.4 Å². The first-order valence-corrected chi connectivity index (χ1v) is 10.0. The van der Waals surface area contributed by atoms with Crippen molar-refractivity contribution in [3.8, 4) is 0 Å². The highest BCUT2D eigenvalue weighted by molar-refractivity contribution is 7.91. The third-order valence-corrected chi connectivity index (χ3v) is 6.63. The van der Waals surface area contributed by atoms with Crippen molar-refractivity contribution in [1.82, 2.24) is 5.32 Å². The third kappa shape index (κ3) is 3.07. The van der Waals surface area contributed by atoms with Crippen molar-refractivity contribution in [1.29, 1.82) is 0 Å². The highest BCUT2D eigenvalue weighted by Gasteiger charge is 2.35. The largest absolute Gasteiger partial charge is 0.373 e. The summed E-state index contributed by atoms with van der Waals surface area (Å²) in [6.07, 6.45) is 0.761. The summed E-state index contributed by atoms with van der Waals surface area (Å²) in [7, 11) is -3.33. The van der Waals surface area contributed by atoms with E-state index in [0.717, 1.165) is 12.0 Å². The lowest BCUT2D eigenvalue weighted by Gasteiger charge is -2.26. The molecule has 2 atom stereocenters. The highest BCUT2D eigenvalue weighted by Crippen LogP contribution is 2.34. The van der Waals surface area contributed by atoms with E-state index in [1.807, 2.05) is 18.2 Å². The van der Waals surface area contributed by atoms with Crippen LogP contribution < -0.4 is 5.32 Å². The molecule has 0 spiro atoms. The lowest BCUT2D eigenvalue weighted by Crippen LogP contribution is -2.32. The second-order valence-electron chi connectivity index (χ2n) is 6.45. The number of amides is 1. The van der Waals surface area contributed by atoms with E-state index in [2.05, 4.69) is 11.4 Å². The number of rotatable bonds is 3. The van der Waals surface area contributed by atoms with Crippen LogP contribution in [0.3, 0.4) is 0 Å². The first-order chi connectivity index (χ1) is 12.0. The number of fused-ring (bicyclic) bond motifs is 2. The normalized spacial score (nSPS) is 23.5. The van der Waals surface area contributed by atoms with E-state index in [1.165, 1.54) is 5.56 Å². The molecule has 4 rings (SSSR count). The highest BCUT2D eigenvalue weighted by atomic mass is 32.2. The van der Waals surface area contributed by atoms with Gasteiger partial charge in [0.05, 0.1) is 35.8 Å². The van der Waals surface area contributed by atoms with Crippen LogP contribution in [0.1, 0.15) is 35.3 Å². The van der Waals surface area contributed by atoms with Gasteiger partial charge in [0.15, 0.2) is 9.84 Å². The molecular formula is C19H19NO4S. The Bertz CT molecular complexity index is 923. The van der Waals surface area contributed by atoms with Gasteiger partial charge in [0.2, 0.25) is 5.91 Å². The third-order valence-electron chi connectivity index (χ3n) is 4.81. The van der Waals surface area contributed by atoms with E-state index in [1.54, 1.807) is 24.3 Å². The number of benzene rings is 2. The van der Waals surface area contributed by atoms with E-state index in [-0.39, 0.29) is 24.2 Å². The van der Waals surface area contributed by atoms with Crippen molar-refractivity contribution < 1.29 is 17.9 Å². The molecule has 1 N–H and O–H groups in total. The molecule has 2 unspecified atom stereocenters. The summed E-state index contributed by atoms with van der Waals surface area (Å²) >= 11 is 0. The molecule has 0 radical (unpaired) electrons. The fourth-order valence-corrected chi connectivity index (χ4v) is 5.37. The zero-order chi connectivity index (χ0) is 17.4. The maximum absolute atomic E-state index is 12.5. The summed E-state index contributed by atoms with van der Waals surface area (Å²) in [5.41, 5.74) is 2.92. The van der Waals surface area contributed by atoms with Gasteiger partial charge in [-0.2, -0.15) is 0 Å². The number of hydrogen-bond donors (Lipinski definition) is 1. The van der Waals surface area contributed by atoms with Crippen molar-refractivity contribution in [3.05, 3.63) is 65.2 Å². The summed E-state index contributed by atoms with van der Waals surface area (Å²) in [5, 5.41) is 2.87. The molecule has 0 saturated carbocycles. The summed E-state index contributed by atoms with van der Waals surface area (Å²) in [6.45, 7) is 0.593. The average Bonchev–Trinajstić information content (AvgIpc) is 2.86. The Morgan fingerprint density at radius 2 is 1.80 bits per heavy atom. The fourth-order valence-electron chi connectivity index (χ4n) is 3.64. The average molecular weight is 357 g/mol. The van der Waals surface area contributed by atoms with Crippen molar-refractivity contribution >= 4 is 15.7 Å². The standard InChI is InChI=1S/C19H19NO4S/c21-19(11-17-14-6-2-1-5-13(14)9-10-24-17)20-16-12-25(22,23)18-8-4-3-7-15(16)18/h1-8,16-17H,9-12H2,(H,20,21). The fraction of sp³-hybridized carbons (Fsp3) is 0.316. The van der Waals surface area contributed by atoms with Gasteiger partial charge in [-0.25, -0.2) is 8.42 Å². The molecule has 6 heteroatoms. The van der Waals surface area contributed by atoms with Gasteiger partial charge in [-0.05, 0) is 29.2 Å². The predicted octanol–water partition coefficient (Wildman–Crippen LogP) is 2.34. The molecule has 0 saturated heterocycles. The molecule has 25 heavy (non-hydrogen) atoms. The van der Waals surface area contributed by atoms with Gasteiger partial charge < -0.3 is 10.1 Å². The Hall–Kier alpha value is -2.18. The molecule has 0 bridgehead atoms. The molecule has 2 heterocycles. The van der Waals surface area contributed by atoms with Gasteiger partial charge in [0, 0.05) is 0 Å². The van der Waals surface area contributed by atoms with Crippen molar-refractivity contribution in [2.24, 2.45) is 0 Å². The SMILES string of the molecule is O=C(CC1OCCc2ccccc21)NC1CS(=O)(=O)c2ccccc21. The maximum atomic E-state index is 12.5. The van der Waals surface area contributed by atoms with Crippen LogP contribution in [0.5, 0.6) is 0 Å². The maximum Gasteiger partial charge on any atom is 0.223 e. The van der Waals surface area contributed by atoms with Gasteiger partial charge in [-0.1, -0.05) is 42.5 Å². The number of sulfone groups is 1. The minimum Gasteiger partial charge on any atom is -0.373 e. The van der Waals surface area contributed by atoms with Gasteiger partial charge in [0.1, 0.15) is 0 Å². The predicted molar refractivity (Wildman–Crippen MR) is 92.8 cm³/mol. The molecule has 2 aliphatic heterocycles. The molecule has 5 nitrogen and oxygen atoms in total. The Morgan fingerprint density at radius 1 is 1.08 bits per heavy atom. The second kappa shape index (κ2) is 6.28. The zero-order valence-electron chi connectivity index (χ0n) is 13.6. The lowest BCUT2D eigenvalue weighted by molar-refractivity contribution is -0.125. The van der Waals surface area contributed by atoms with Gasteiger partial charge in [0.25, 0.3) is 0 Å². The van der Waals surface area contributed by atoms with Crippen LogP contribution in [0.25, 0.3) is 0 Å². The molecule has 2 aliphatic rings. The smallest absolute Gasteiger partial charge is 0.223 e. The molecule has 2 aromatic rings. The summed E-state index contributed by atoms with van der Waals surface area (Å²) in [6, 6.07) is 14.3. The monoisotopic (exact) mass is 357 g/mol. The minimum atomic E-state index is -3.33. The van der Waals surface area contributed by atoms with Crippen LogP contribution in [-0.2, 0) is 25.8 Å². The Labute approximate surface area is 146 Å². The van der Waals surface area contributed by atoms with Crippen LogP contribution in [-0.4, -0.2) is 26.7 Å². The van der Waals surface area contributed by atoms with Crippen LogP contribution in [0.4, 0.5) is 0 Å². The Balaban J connectivity index is 1.50. The number of nitrogens with one attached hydrogen (secondary N) is 1. The number of hydrogen-bond acceptors (Lipinski definition) is 4. The van der Waals surface area contributed by atoms with Gasteiger partial charge >= 0.3 is 0 Å². The van der Waals surface area contributed by atoms with Crippen molar-refractivity contribution in [2.75, 3.05) is 12.4 Å². The molecule has 0 aromatic heterocycles. The van der Waals surface area contributed by atoms with E-state index >= 15 is 0 Å². The van der Waals surface area contributed by atoms with Crippen LogP contribution >= 0.6 is 0 Å². The molecule has 1 amide bonds. The van der Waals surface area contributed by atoms with Crippen LogP contribution in [0, 0.1) is 0 Å². The second-order valence-corrected chi connectivity index (χ2v) is 8.45. The van der Waals surface area contributed by atoms with Gasteiger partial charge in [-0.15, -0.1) is 0 Å². The number of carbonyl (C=O) groups excluding carboxylic acids is 1. The molecule has 130 valence electrons. The van der Waals surface area contributed by atoms with E-state index in [0.29, 0.717) is 17.1 Å². The van der Waals surface area contributed by atoms with E-state index in [9.17, 15) is 13.2 Å². The van der Waals surface area contributed by atoms with Crippen LogP contribution in [0.2, 0.25) is 0 Å². The molecular weight excluding hydrogens is 338 g/mol. The number of ether oxygens (including phenoxy) is 1. The first-order valence-electron chi connectivity index (χ1n) is 8.35. The summed E-state index contributed by atoms with van der Waals surface area (Å²) in [5.74, 6) is -0.279. The topological polar surface area (TPSA) is 72.5 Å². The zero-order valence-corrected chi connectivity index (χ0v) is 14.5. The molecule has 0 fully saturated rings.